The first-order valence-corrected chi connectivity index (χ1v) is 9.75. The molecule has 1 N–H and O–H groups in total. The smallest absolute Gasteiger partial charge is 0.265 e. The molecule has 27 heavy (non-hydrogen) atoms. The third-order valence-corrected chi connectivity index (χ3v) is 5.96. The van der Waals surface area contributed by atoms with Crippen LogP contribution in [0, 0.1) is 20.8 Å². The number of hydrogen-bond acceptors (Lipinski definition) is 3. The molecule has 1 amide bonds. The minimum Gasteiger partial charge on any atom is -0.321 e. The van der Waals surface area contributed by atoms with Gasteiger partial charge in [0.1, 0.15) is 4.83 Å². The normalized spacial score (nSPS) is 11.1. The Kier molecular flexibility index (Phi) is 4.50. The van der Waals surface area contributed by atoms with Gasteiger partial charge < -0.3 is 5.32 Å². The summed E-state index contributed by atoms with van der Waals surface area (Å²) in [5.74, 6) is -0.147. The fraction of sp³-hybridized carbons (Fsp3) is 0.143. The molecule has 0 aliphatic rings. The van der Waals surface area contributed by atoms with Crippen molar-refractivity contribution >= 4 is 44.7 Å². The van der Waals surface area contributed by atoms with Crippen LogP contribution in [0.4, 0.5) is 5.69 Å². The summed E-state index contributed by atoms with van der Waals surface area (Å²) in [6.07, 6.45) is 0. The molecule has 0 fully saturated rings. The number of carbonyl (C=O) groups is 1. The highest BCUT2D eigenvalue weighted by Crippen LogP contribution is 2.31. The first-order valence-electron chi connectivity index (χ1n) is 8.56. The topological polar surface area (TPSA) is 46.9 Å². The average molecular weight is 396 g/mol. The van der Waals surface area contributed by atoms with Gasteiger partial charge in [0, 0.05) is 16.1 Å². The number of thiophene rings is 1. The van der Waals surface area contributed by atoms with Crippen LogP contribution < -0.4 is 5.32 Å². The second-order valence-electron chi connectivity index (χ2n) is 6.58. The van der Waals surface area contributed by atoms with E-state index < -0.39 is 0 Å². The van der Waals surface area contributed by atoms with Crippen molar-refractivity contribution in [3.63, 3.8) is 0 Å². The molecule has 4 aromatic rings. The molecule has 2 aromatic heterocycles. The zero-order valence-corrected chi connectivity index (χ0v) is 16.8. The number of aryl methyl sites for hydroxylation is 3. The maximum atomic E-state index is 12.7. The van der Waals surface area contributed by atoms with E-state index in [1.807, 2.05) is 48.9 Å². The van der Waals surface area contributed by atoms with E-state index in [9.17, 15) is 4.79 Å². The first kappa shape index (κ1) is 17.8. The standard InChI is InChI=1S/C21H18ClN3OS/c1-12-5-4-6-16(9-12)25-21-17(14(3)24-25)11-19(27-21)20(26)23-15-8-7-13(2)18(22)10-15/h4-11H,1-3H3,(H,23,26). The number of aromatic nitrogens is 2. The highest BCUT2D eigenvalue weighted by atomic mass is 35.5. The number of hydrogen-bond donors (Lipinski definition) is 1. The van der Waals surface area contributed by atoms with Crippen LogP contribution in [0.1, 0.15) is 26.5 Å². The van der Waals surface area contributed by atoms with Crippen molar-refractivity contribution in [1.29, 1.82) is 0 Å². The van der Waals surface area contributed by atoms with Crippen LogP contribution in [-0.2, 0) is 0 Å². The Morgan fingerprint density at radius 1 is 1.11 bits per heavy atom. The van der Waals surface area contributed by atoms with E-state index in [2.05, 4.69) is 29.5 Å². The van der Waals surface area contributed by atoms with E-state index in [1.165, 1.54) is 16.9 Å². The van der Waals surface area contributed by atoms with Crippen molar-refractivity contribution in [3.05, 3.63) is 75.3 Å². The highest BCUT2D eigenvalue weighted by molar-refractivity contribution is 7.20. The van der Waals surface area contributed by atoms with Crippen molar-refractivity contribution in [2.45, 2.75) is 20.8 Å². The Labute approximate surface area is 166 Å². The summed E-state index contributed by atoms with van der Waals surface area (Å²) in [6.45, 7) is 5.94. The van der Waals surface area contributed by atoms with Crippen molar-refractivity contribution in [2.24, 2.45) is 0 Å². The molecule has 2 aromatic carbocycles. The minimum atomic E-state index is -0.147. The molecule has 0 saturated carbocycles. The number of fused-ring (bicyclic) bond motifs is 1. The predicted octanol–water partition coefficient (Wildman–Crippen LogP) is 5.92. The van der Waals surface area contributed by atoms with Crippen LogP contribution in [0.15, 0.2) is 48.5 Å². The van der Waals surface area contributed by atoms with E-state index in [0.717, 1.165) is 27.2 Å². The van der Waals surface area contributed by atoms with Crippen LogP contribution in [0.25, 0.3) is 15.9 Å². The Hall–Kier alpha value is -2.63. The summed E-state index contributed by atoms with van der Waals surface area (Å²) >= 11 is 7.59. The van der Waals surface area contributed by atoms with Gasteiger partial charge in [-0.3, -0.25) is 4.79 Å². The Morgan fingerprint density at radius 2 is 1.93 bits per heavy atom. The first-order chi connectivity index (χ1) is 12.9. The van der Waals surface area contributed by atoms with Gasteiger partial charge >= 0.3 is 0 Å². The van der Waals surface area contributed by atoms with Crippen LogP contribution in [0.5, 0.6) is 0 Å². The van der Waals surface area contributed by atoms with E-state index in [-0.39, 0.29) is 5.91 Å². The SMILES string of the molecule is Cc1cccc(-n2nc(C)c3cc(C(=O)Nc4ccc(C)c(Cl)c4)sc32)c1. The second-order valence-corrected chi connectivity index (χ2v) is 8.02. The predicted molar refractivity (Wildman–Crippen MR) is 113 cm³/mol. The van der Waals surface area contributed by atoms with Crippen LogP contribution >= 0.6 is 22.9 Å². The molecular weight excluding hydrogens is 378 g/mol. The number of amides is 1. The molecule has 0 radical (unpaired) electrons. The highest BCUT2D eigenvalue weighted by Gasteiger charge is 2.17. The number of halogens is 1. The van der Waals surface area contributed by atoms with E-state index in [4.69, 9.17) is 11.6 Å². The lowest BCUT2D eigenvalue weighted by molar-refractivity contribution is 0.103. The third-order valence-electron chi connectivity index (χ3n) is 4.44. The molecule has 0 aliphatic carbocycles. The zero-order chi connectivity index (χ0) is 19.1. The summed E-state index contributed by atoms with van der Waals surface area (Å²) in [7, 11) is 0. The number of anilines is 1. The van der Waals surface area contributed by atoms with E-state index in [0.29, 0.717) is 15.6 Å². The molecule has 2 heterocycles. The van der Waals surface area contributed by atoms with Gasteiger partial charge in [-0.1, -0.05) is 29.8 Å². The summed E-state index contributed by atoms with van der Waals surface area (Å²) in [6, 6.07) is 15.6. The van der Waals surface area contributed by atoms with Crippen molar-refractivity contribution in [2.75, 3.05) is 5.32 Å². The summed E-state index contributed by atoms with van der Waals surface area (Å²) in [5, 5.41) is 9.20. The molecule has 0 atom stereocenters. The molecular formula is C21H18ClN3OS. The fourth-order valence-electron chi connectivity index (χ4n) is 2.96. The maximum Gasteiger partial charge on any atom is 0.265 e. The summed E-state index contributed by atoms with van der Waals surface area (Å²) < 4.78 is 1.90. The lowest BCUT2D eigenvalue weighted by atomic mass is 10.2. The lowest BCUT2D eigenvalue weighted by Gasteiger charge is -2.06. The Balaban J connectivity index is 1.70. The number of nitrogens with one attached hydrogen (secondary N) is 1. The monoisotopic (exact) mass is 395 g/mol. The van der Waals surface area contributed by atoms with Crippen molar-refractivity contribution < 1.29 is 4.79 Å². The zero-order valence-electron chi connectivity index (χ0n) is 15.2. The van der Waals surface area contributed by atoms with Gasteiger partial charge in [-0.25, -0.2) is 4.68 Å². The van der Waals surface area contributed by atoms with Crippen LogP contribution in [0.3, 0.4) is 0 Å². The maximum absolute atomic E-state index is 12.7. The van der Waals surface area contributed by atoms with Gasteiger partial charge in [-0.05, 0) is 62.2 Å². The summed E-state index contributed by atoms with van der Waals surface area (Å²) in [5.41, 5.74) is 4.72. The van der Waals surface area contributed by atoms with Crippen molar-refractivity contribution in [1.82, 2.24) is 9.78 Å². The number of benzene rings is 2. The van der Waals surface area contributed by atoms with Gasteiger partial charge in [0.05, 0.1) is 16.3 Å². The average Bonchev–Trinajstić information content (AvgIpc) is 3.19. The number of rotatable bonds is 3. The van der Waals surface area contributed by atoms with Gasteiger partial charge in [0.25, 0.3) is 5.91 Å². The fourth-order valence-corrected chi connectivity index (χ4v) is 4.22. The van der Waals surface area contributed by atoms with Gasteiger partial charge in [0.15, 0.2) is 0 Å². The Morgan fingerprint density at radius 3 is 2.67 bits per heavy atom. The van der Waals surface area contributed by atoms with Gasteiger partial charge in [-0.2, -0.15) is 5.10 Å². The number of carbonyl (C=O) groups excluding carboxylic acids is 1. The van der Waals surface area contributed by atoms with E-state index in [1.54, 1.807) is 6.07 Å². The van der Waals surface area contributed by atoms with Gasteiger partial charge in [0.2, 0.25) is 0 Å². The largest absolute Gasteiger partial charge is 0.321 e. The second kappa shape index (κ2) is 6.83. The van der Waals surface area contributed by atoms with Crippen molar-refractivity contribution in [3.8, 4) is 5.69 Å². The molecule has 4 nitrogen and oxygen atoms in total. The molecule has 136 valence electrons. The van der Waals surface area contributed by atoms with Gasteiger partial charge in [-0.15, -0.1) is 11.3 Å². The molecule has 0 aliphatic heterocycles. The third kappa shape index (κ3) is 3.36. The molecule has 0 bridgehead atoms. The minimum absolute atomic E-state index is 0.147. The van der Waals surface area contributed by atoms with Crippen LogP contribution in [0.2, 0.25) is 5.02 Å². The molecule has 6 heteroatoms. The molecule has 0 spiro atoms. The Bertz CT molecular complexity index is 1180. The number of nitrogens with zero attached hydrogens (tertiary/aromatic N) is 2. The molecule has 0 saturated heterocycles. The quantitative estimate of drug-likeness (QED) is 0.468. The van der Waals surface area contributed by atoms with E-state index >= 15 is 0 Å². The molecule has 0 unspecified atom stereocenters. The lowest BCUT2D eigenvalue weighted by Crippen LogP contribution is -2.10. The molecule has 4 rings (SSSR count). The summed E-state index contributed by atoms with van der Waals surface area (Å²) in [4.78, 5) is 14.3. The van der Waals surface area contributed by atoms with Crippen LogP contribution in [-0.4, -0.2) is 15.7 Å².